The maximum atomic E-state index is 7.66. The van der Waals surface area contributed by atoms with Crippen LogP contribution in [0.4, 0.5) is 0 Å². The third kappa shape index (κ3) is 3.81. The summed E-state index contributed by atoms with van der Waals surface area (Å²) in [6.45, 7) is 2.28. The molecule has 0 aromatic heterocycles. The minimum atomic E-state index is 0.199. The molecule has 20 heavy (non-hydrogen) atoms. The van der Waals surface area contributed by atoms with Crippen molar-refractivity contribution in [3.63, 3.8) is 0 Å². The molecule has 0 bridgehead atoms. The molecule has 110 valence electrons. The highest BCUT2D eigenvalue weighted by molar-refractivity contribution is 5.77. The summed E-state index contributed by atoms with van der Waals surface area (Å²) in [4.78, 5) is 4.80. The highest BCUT2D eigenvalue weighted by atomic mass is 15.2. The number of nitrogens with one attached hydrogen (secondary N) is 1. The Balaban J connectivity index is 2.15. The molecule has 2 rings (SSSR count). The van der Waals surface area contributed by atoms with Gasteiger partial charge in [-0.3, -0.25) is 10.3 Å². The van der Waals surface area contributed by atoms with Crippen LogP contribution in [-0.2, 0) is 0 Å². The fourth-order valence-electron chi connectivity index (χ4n) is 3.11. The summed E-state index contributed by atoms with van der Waals surface area (Å²) < 4.78 is 0. The van der Waals surface area contributed by atoms with E-state index in [-0.39, 0.29) is 11.9 Å². The van der Waals surface area contributed by atoms with Gasteiger partial charge in [-0.1, -0.05) is 30.3 Å². The summed E-state index contributed by atoms with van der Waals surface area (Å²) in [5, 5.41) is 7.66. The second kappa shape index (κ2) is 6.86. The summed E-state index contributed by atoms with van der Waals surface area (Å²) in [5.74, 6) is 0.259. The Morgan fingerprint density at radius 1 is 1.45 bits per heavy atom. The highest BCUT2D eigenvalue weighted by Crippen LogP contribution is 2.27. The van der Waals surface area contributed by atoms with Gasteiger partial charge in [0.15, 0.2) is 0 Å². The van der Waals surface area contributed by atoms with Crippen LogP contribution >= 0.6 is 0 Å². The van der Waals surface area contributed by atoms with Gasteiger partial charge < -0.3 is 10.6 Å². The van der Waals surface area contributed by atoms with Gasteiger partial charge in [-0.2, -0.15) is 0 Å². The van der Waals surface area contributed by atoms with Crippen LogP contribution in [0.1, 0.15) is 30.9 Å². The topological polar surface area (TPSA) is 56.4 Å². The van der Waals surface area contributed by atoms with Gasteiger partial charge in [0.2, 0.25) is 0 Å². The number of likely N-dealkylation sites (tertiary alicyclic amines) is 1. The van der Waals surface area contributed by atoms with Crippen LogP contribution in [0.15, 0.2) is 30.3 Å². The fourth-order valence-corrected chi connectivity index (χ4v) is 3.11. The molecule has 0 radical (unpaired) electrons. The van der Waals surface area contributed by atoms with E-state index >= 15 is 0 Å². The SMILES string of the molecule is CN1CCCC(N(C)C(CC(=N)N)c2ccccc2)C1. The van der Waals surface area contributed by atoms with Crippen molar-refractivity contribution < 1.29 is 0 Å². The van der Waals surface area contributed by atoms with Gasteiger partial charge in [0.05, 0.1) is 5.84 Å². The third-order valence-electron chi connectivity index (χ3n) is 4.26. The Bertz CT molecular complexity index is 431. The van der Waals surface area contributed by atoms with Gasteiger partial charge in [-0.05, 0) is 39.0 Å². The summed E-state index contributed by atoms with van der Waals surface area (Å²) >= 11 is 0. The maximum absolute atomic E-state index is 7.66. The molecule has 1 fully saturated rings. The second-order valence-electron chi connectivity index (χ2n) is 5.88. The number of nitrogens with zero attached hydrogens (tertiary/aromatic N) is 2. The first-order valence-electron chi connectivity index (χ1n) is 7.36. The first kappa shape index (κ1) is 15.0. The number of piperidine rings is 1. The van der Waals surface area contributed by atoms with Crippen LogP contribution in [0, 0.1) is 5.41 Å². The highest BCUT2D eigenvalue weighted by Gasteiger charge is 2.27. The first-order chi connectivity index (χ1) is 9.58. The molecule has 1 heterocycles. The molecule has 0 aliphatic carbocycles. The lowest BCUT2D eigenvalue weighted by Gasteiger charge is -2.40. The summed E-state index contributed by atoms with van der Waals surface area (Å²) in [5.41, 5.74) is 6.92. The predicted octanol–water partition coefficient (Wildman–Crippen LogP) is 2.08. The van der Waals surface area contributed by atoms with E-state index in [0.29, 0.717) is 12.5 Å². The number of rotatable bonds is 5. The van der Waals surface area contributed by atoms with Gasteiger partial charge in [0, 0.05) is 25.0 Å². The number of hydrogen-bond acceptors (Lipinski definition) is 3. The molecule has 0 spiro atoms. The molecule has 0 amide bonds. The lowest BCUT2D eigenvalue weighted by atomic mass is 9.97. The summed E-state index contributed by atoms with van der Waals surface area (Å²) in [6, 6.07) is 11.2. The number of amidine groups is 1. The molecule has 2 unspecified atom stereocenters. The van der Waals surface area contributed by atoms with Gasteiger partial charge in [0.1, 0.15) is 0 Å². The van der Waals surface area contributed by atoms with Crippen LogP contribution in [0.2, 0.25) is 0 Å². The van der Waals surface area contributed by atoms with Crippen molar-refractivity contribution in [2.45, 2.75) is 31.3 Å². The van der Waals surface area contributed by atoms with E-state index in [1.165, 1.54) is 24.9 Å². The molecule has 1 aromatic carbocycles. The van der Waals surface area contributed by atoms with E-state index in [9.17, 15) is 0 Å². The molecular weight excluding hydrogens is 248 g/mol. The molecule has 1 aliphatic rings. The minimum Gasteiger partial charge on any atom is -0.388 e. The molecule has 1 aliphatic heterocycles. The van der Waals surface area contributed by atoms with Crippen molar-refractivity contribution in [1.29, 1.82) is 5.41 Å². The Labute approximate surface area is 122 Å². The van der Waals surface area contributed by atoms with E-state index in [1.54, 1.807) is 0 Å². The number of nitrogens with two attached hydrogens (primary N) is 1. The minimum absolute atomic E-state index is 0.199. The van der Waals surface area contributed by atoms with Gasteiger partial charge in [-0.25, -0.2) is 0 Å². The van der Waals surface area contributed by atoms with Crippen LogP contribution in [0.3, 0.4) is 0 Å². The largest absolute Gasteiger partial charge is 0.388 e. The molecule has 1 saturated heterocycles. The lowest BCUT2D eigenvalue weighted by Crippen LogP contribution is -2.46. The van der Waals surface area contributed by atoms with E-state index in [0.717, 1.165) is 6.54 Å². The normalized spacial score (nSPS) is 21.9. The molecule has 1 aromatic rings. The average molecular weight is 274 g/mol. The van der Waals surface area contributed by atoms with Crippen LogP contribution in [-0.4, -0.2) is 48.9 Å². The van der Waals surface area contributed by atoms with E-state index < -0.39 is 0 Å². The van der Waals surface area contributed by atoms with E-state index in [1.807, 2.05) is 6.07 Å². The zero-order valence-corrected chi connectivity index (χ0v) is 12.5. The van der Waals surface area contributed by atoms with Gasteiger partial charge in [-0.15, -0.1) is 0 Å². The Morgan fingerprint density at radius 2 is 2.15 bits per heavy atom. The third-order valence-corrected chi connectivity index (χ3v) is 4.26. The fraction of sp³-hybridized carbons (Fsp3) is 0.562. The number of likely N-dealkylation sites (N-methyl/N-ethyl adjacent to an activating group) is 2. The number of hydrogen-bond donors (Lipinski definition) is 2. The van der Waals surface area contributed by atoms with Crippen LogP contribution in [0.5, 0.6) is 0 Å². The Morgan fingerprint density at radius 3 is 2.75 bits per heavy atom. The summed E-state index contributed by atoms with van der Waals surface area (Å²) in [6.07, 6.45) is 3.07. The first-order valence-corrected chi connectivity index (χ1v) is 7.36. The lowest BCUT2D eigenvalue weighted by molar-refractivity contribution is 0.100. The van der Waals surface area contributed by atoms with Crippen molar-refractivity contribution >= 4 is 5.84 Å². The van der Waals surface area contributed by atoms with Crippen LogP contribution < -0.4 is 5.73 Å². The van der Waals surface area contributed by atoms with Crippen molar-refractivity contribution in [2.24, 2.45) is 5.73 Å². The van der Waals surface area contributed by atoms with Crippen LogP contribution in [0.25, 0.3) is 0 Å². The Kier molecular flexibility index (Phi) is 5.15. The smallest absolute Gasteiger partial charge is 0.0924 e. The number of benzene rings is 1. The molecule has 0 saturated carbocycles. The standard InChI is InChI=1S/C16H26N4/c1-19-10-6-9-14(12-19)20(2)15(11-16(17)18)13-7-4-3-5-8-13/h3-5,7-8,14-15H,6,9-12H2,1-2H3,(H3,17,18). The molecule has 4 heteroatoms. The van der Waals surface area contributed by atoms with Gasteiger partial charge in [0.25, 0.3) is 0 Å². The van der Waals surface area contributed by atoms with E-state index in [2.05, 4.69) is 48.2 Å². The zero-order valence-electron chi connectivity index (χ0n) is 12.5. The van der Waals surface area contributed by atoms with Crippen molar-refractivity contribution in [1.82, 2.24) is 9.80 Å². The molecule has 2 atom stereocenters. The van der Waals surface area contributed by atoms with E-state index in [4.69, 9.17) is 11.1 Å². The monoisotopic (exact) mass is 274 g/mol. The zero-order chi connectivity index (χ0) is 14.5. The van der Waals surface area contributed by atoms with Gasteiger partial charge >= 0.3 is 0 Å². The quantitative estimate of drug-likeness (QED) is 0.638. The molecule has 3 N–H and O–H groups in total. The van der Waals surface area contributed by atoms with Crippen molar-refractivity contribution in [2.75, 3.05) is 27.2 Å². The Hall–Kier alpha value is -1.39. The average Bonchev–Trinajstić information content (AvgIpc) is 2.45. The predicted molar refractivity (Wildman–Crippen MR) is 84.0 cm³/mol. The second-order valence-corrected chi connectivity index (χ2v) is 5.88. The summed E-state index contributed by atoms with van der Waals surface area (Å²) in [7, 11) is 4.35. The van der Waals surface area contributed by atoms with Crippen molar-refractivity contribution in [3.8, 4) is 0 Å². The molecular formula is C16H26N4. The molecule has 4 nitrogen and oxygen atoms in total. The van der Waals surface area contributed by atoms with Crippen molar-refractivity contribution in [3.05, 3.63) is 35.9 Å². The maximum Gasteiger partial charge on any atom is 0.0924 e.